The SMILES string of the molecule is CCC[C@@H](O[Si](C)(C)C(C)(C)C)[C@H](C)n1cnc2c(Cl)ncnc21. The number of aromatic nitrogens is 4. The lowest BCUT2D eigenvalue weighted by Crippen LogP contribution is -2.45. The van der Waals surface area contributed by atoms with Gasteiger partial charge in [0.2, 0.25) is 0 Å². The van der Waals surface area contributed by atoms with Gasteiger partial charge in [-0.1, -0.05) is 45.7 Å². The van der Waals surface area contributed by atoms with Crippen molar-refractivity contribution in [3.05, 3.63) is 17.8 Å². The van der Waals surface area contributed by atoms with Crippen LogP contribution >= 0.6 is 11.6 Å². The number of fused-ring (bicyclic) bond motifs is 1. The predicted molar refractivity (Wildman–Crippen MR) is 102 cm³/mol. The minimum atomic E-state index is -1.85. The molecule has 0 spiro atoms. The van der Waals surface area contributed by atoms with E-state index >= 15 is 0 Å². The average molecular weight is 369 g/mol. The quantitative estimate of drug-likeness (QED) is 0.517. The Morgan fingerprint density at radius 1 is 1.25 bits per heavy atom. The van der Waals surface area contributed by atoms with E-state index < -0.39 is 8.32 Å². The number of nitrogens with zero attached hydrogens (tertiary/aromatic N) is 4. The molecule has 2 aromatic rings. The van der Waals surface area contributed by atoms with E-state index in [4.69, 9.17) is 16.0 Å². The molecule has 2 aromatic heterocycles. The minimum Gasteiger partial charge on any atom is -0.412 e. The Hall–Kier alpha value is -0.983. The molecule has 2 rings (SSSR count). The van der Waals surface area contributed by atoms with E-state index in [0.29, 0.717) is 10.7 Å². The fourth-order valence-corrected chi connectivity index (χ4v) is 4.14. The molecule has 7 heteroatoms. The van der Waals surface area contributed by atoms with Crippen LogP contribution in [0.25, 0.3) is 11.2 Å². The second-order valence-corrected chi connectivity index (χ2v) is 13.0. The highest BCUT2D eigenvalue weighted by molar-refractivity contribution is 6.74. The van der Waals surface area contributed by atoms with Gasteiger partial charge in [0.1, 0.15) is 11.8 Å². The summed E-state index contributed by atoms with van der Waals surface area (Å²) in [7, 11) is -1.85. The fourth-order valence-electron chi connectivity index (χ4n) is 2.54. The molecule has 0 aliphatic carbocycles. The summed E-state index contributed by atoms with van der Waals surface area (Å²) in [4.78, 5) is 12.8. The third-order valence-corrected chi connectivity index (χ3v) is 9.90. The van der Waals surface area contributed by atoms with E-state index in [1.807, 2.05) is 0 Å². The van der Waals surface area contributed by atoms with Crippen LogP contribution in [0.4, 0.5) is 0 Å². The van der Waals surface area contributed by atoms with Gasteiger partial charge in [0.15, 0.2) is 19.1 Å². The van der Waals surface area contributed by atoms with Gasteiger partial charge in [-0.2, -0.15) is 0 Å². The molecule has 0 radical (unpaired) electrons. The van der Waals surface area contributed by atoms with Gasteiger partial charge in [-0.15, -0.1) is 0 Å². The highest BCUT2D eigenvalue weighted by atomic mass is 35.5. The van der Waals surface area contributed by atoms with Gasteiger partial charge in [-0.25, -0.2) is 15.0 Å². The zero-order valence-corrected chi connectivity index (χ0v) is 17.6. The molecule has 0 fully saturated rings. The van der Waals surface area contributed by atoms with Crippen LogP contribution in [0, 0.1) is 0 Å². The Balaban J connectivity index is 2.35. The molecular weight excluding hydrogens is 340 g/mol. The maximum atomic E-state index is 6.72. The van der Waals surface area contributed by atoms with E-state index in [-0.39, 0.29) is 17.2 Å². The van der Waals surface area contributed by atoms with Gasteiger partial charge >= 0.3 is 0 Å². The number of rotatable bonds is 6. The van der Waals surface area contributed by atoms with Crippen molar-refractivity contribution >= 4 is 31.1 Å². The minimum absolute atomic E-state index is 0.127. The van der Waals surface area contributed by atoms with Crippen molar-refractivity contribution in [2.24, 2.45) is 0 Å². The summed E-state index contributed by atoms with van der Waals surface area (Å²) in [6, 6.07) is 0.134. The van der Waals surface area contributed by atoms with E-state index in [2.05, 4.69) is 67.2 Å². The van der Waals surface area contributed by atoms with Crippen molar-refractivity contribution in [1.82, 2.24) is 19.5 Å². The Kier molecular flexibility index (Phi) is 5.72. The van der Waals surface area contributed by atoms with Gasteiger partial charge < -0.3 is 8.99 Å². The van der Waals surface area contributed by atoms with E-state index in [1.54, 1.807) is 6.33 Å². The second-order valence-electron chi connectivity index (χ2n) is 7.93. The molecule has 0 amide bonds. The van der Waals surface area contributed by atoms with Crippen molar-refractivity contribution < 1.29 is 4.43 Å². The second kappa shape index (κ2) is 7.10. The Bertz CT molecular complexity index is 695. The largest absolute Gasteiger partial charge is 0.412 e. The molecule has 24 heavy (non-hydrogen) atoms. The number of hydrogen-bond donors (Lipinski definition) is 0. The third-order valence-electron chi connectivity index (χ3n) is 5.12. The van der Waals surface area contributed by atoms with Gasteiger partial charge in [-0.3, -0.25) is 0 Å². The predicted octanol–water partition coefficient (Wildman–Crippen LogP) is 5.23. The Morgan fingerprint density at radius 3 is 2.50 bits per heavy atom. The molecule has 0 unspecified atom stereocenters. The molecule has 134 valence electrons. The zero-order valence-electron chi connectivity index (χ0n) is 15.8. The molecule has 0 saturated carbocycles. The maximum absolute atomic E-state index is 6.72. The molecule has 0 bridgehead atoms. The van der Waals surface area contributed by atoms with Crippen LogP contribution in [0.15, 0.2) is 12.7 Å². The first-order valence-electron chi connectivity index (χ1n) is 8.59. The van der Waals surface area contributed by atoms with Crippen molar-refractivity contribution in [3.63, 3.8) is 0 Å². The Labute approximate surface area is 150 Å². The van der Waals surface area contributed by atoms with Crippen LogP contribution in [0.2, 0.25) is 23.3 Å². The first-order valence-corrected chi connectivity index (χ1v) is 11.9. The van der Waals surface area contributed by atoms with Crippen molar-refractivity contribution in [1.29, 1.82) is 0 Å². The molecule has 0 saturated heterocycles. The zero-order chi connectivity index (χ0) is 18.1. The van der Waals surface area contributed by atoms with Gasteiger partial charge in [0.05, 0.1) is 18.5 Å². The van der Waals surface area contributed by atoms with Gasteiger partial charge in [0.25, 0.3) is 0 Å². The first-order chi connectivity index (χ1) is 11.1. The normalized spacial score (nSPS) is 15.7. The van der Waals surface area contributed by atoms with E-state index in [1.165, 1.54) is 6.33 Å². The maximum Gasteiger partial charge on any atom is 0.192 e. The van der Waals surface area contributed by atoms with Gasteiger partial charge in [-0.05, 0) is 31.5 Å². The summed E-state index contributed by atoms with van der Waals surface area (Å²) in [5.74, 6) is 0. The number of hydrogen-bond acceptors (Lipinski definition) is 4. The fraction of sp³-hybridized carbons (Fsp3) is 0.706. The molecular formula is C17H29ClN4OSi. The lowest BCUT2D eigenvalue weighted by atomic mass is 10.1. The number of imidazole rings is 1. The van der Waals surface area contributed by atoms with E-state index in [9.17, 15) is 0 Å². The molecule has 2 heterocycles. The summed E-state index contributed by atoms with van der Waals surface area (Å²) >= 11 is 6.13. The molecule has 2 atom stereocenters. The summed E-state index contributed by atoms with van der Waals surface area (Å²) in [6.45, 7) is 15.8. The monoisotopic (exact) mass is 368 g/mol. The summed E-state index contributed by atoms with van der Waals surface area (Å²) in [5, 5.41) is 0.574. The van der Waals surface area contributed by atoms with Crippen LogP contribution in [0.1, 0.15) is 53.5 Å². The highest BCUT2D eigenvalue weighted by Crippen LogP contribution is 2.39. The molecule has 0 aromatic carbocycles. The molecule has 0 aliphatic rings. The van der Waals surface area contributed by atoms with Crippen LogP contribution < -0.4 is 0 Å². The van der Waals surface area contributed by atoms with Gasteiger partial charge in [0, 0.05) is 0 Å². The lowest BCUT2D eigenvalue weighted by Gasteiger charge is -2.41. The van der Waals surface area contributed by atoms with Crippen LogP contribution in [-0.2, 0) is 4.43 Å². The Morgan fingerprint density at radius 2 is 1.92 bits per heavy atom. The first kappa shape index (κ1) is 19.3. The smallest absolute Gasteiger partial charge is 0.192 e. The van der Waals surface area contributed by atoms with Crippen molar-refractivity contribution in [3.8, 4) is 0 Å². The highest BCUT2D eigenvalue weighted by Gasteiger charge is 2.40. The van der Waals surface area contributed by atoms with Crippen molar-refractivity contribution in [2.45, 2.75) is 77.7 Å². The van der Waals surface area contributed by atoms with Crippen molar-refractivity contribution in [2.75, 3.05) is 0 Å². The summed E-state index contributed by atoms with van der Waals surface area (Å²) in [6.07, 6.45) is 5.49. The molecule has 0 aliphatic heterocycles. The topological polar surface area (TPSA) is 52.8 Å². The van der Waals surface area contributed by atoms with Crippen LogP contribution in [-0.4, -0.2) is 33.9 Å². The third kappa shape index (κ3) is 3.81. The van der Waals surface area contributed by atoms with Crippen LogP contribution in [0.5, 0.6) is 0 Å². The average Bonchev–Trinajstić information content (AvgIpc) is 2.90. The number of halogens is 1. The summed E-state index contributed by atoms with van der Waals surface area (Å²) < 4.78 is 8.79. The molecule has 5 nitrogen and oxygen atoms in total. The standard InChI is InChI=1S/C17H29ClN4OSi/c1-8-9-13(23-24(6,7)17(3,4)5)12(2)22-11-21-14-15(18)19-10-20-16(14)22/h10-13H,8-9H2,1-7H3/t12-,13+/m0/s1. The lowest BCUT2D eigenvalue weighted by molar-refractivity contribution is 0.121. The summed E-state index contributed by atoms with van der Waals surface area (Å²) in [5.41, 5.74) is 1.41. The molecule has 0 N–H and O–H groups in total. The van der Waals surface area contributed by atoms with Crippen LogP contribution in [0.3, 0.4) is 0 Å². The van der Waals surface area contributed by atoms with E-state index in [0.717, 1.165) is 18.5 Å².